The molecule has 3 rings (SSSR count). The van der Waals surface area contributed by atoms with Gasteiger partial charge in [0.1, 0.15) is 0 Å². The molecule has 0 spiro atoms. The van der Waals surface area contributed by atoms with Crippen LogP contribution in [0.1, 0.15) is 45.1 Å². The predicted octanol–water partition coefficient (Wildman–Crippen LogP) is 2.58. The number of hydrogen-bond acceptors (Lipinski definition) is 4. The number of anilines is 1. The van der Waals surface area contributed by atoms with Crippen molar-refractivity contribution < 1.29 is 13.5 Å². The molecule has 0 aromatic heterocycles. The molecule has 128 valence electrons. The van der Waals surface area contributed by atoms with Crippen LogP contribution in [0.25, 0.3) is 0 Å². The third-order valence-electron chi connectivity index (χ3n) is 5.34. The molecular formula is C18H27NO3S. The van der Waals surface area contributed by atoms with Crippen LogP contribution >= 0.6 is 0 Å². The highest BCUT2D eigenvalue weighted by atomic mass is 32.2. The van der Waals surface area contributed by atoms with Gasteiger partial charge in [-0.1, -0.05) is 39.0 Å². The summed E-state index contributed by atoms with van der Waals surface area (Å²) in [6.07, 6.45) is 0.683. The lowest BCUT2D eigenvalue weighted by Gasteiger charge is -2.37. The smallest absolute Gasteiger partial charge is 0.150 e. The van der Waals surface area contributed by atoms with Gasteiger partial charge < -0.3 is 10.0 Å². The molecule has 5 heteroatoms. The van der Waals surface area contributed by atoms with Gasteiger partial charge in [-0.2, -0.15) is 0 Å². The van der Waals surface area contributed by atoms with Crippen LogP contribution in [0.15, 0.2) is 24.3 Å². The fraction of sp³-hybridized carbons (Fsp3) is 0.667. The van der Waals surface area contributed by atoms with E-state index in [4.69, 9.17) is 0 Å². The average Bonchev–Trinajstić information content (AvgIpc) is 2.82. The Bertz CT molecular complexity index is 676. The molecule has 1 saturated heterocycles. The van der Waals surface area contributed by atoms with Crippen LogP contribution in [-0.2, 0) is 9.84 Å². The molecule has 1 N–H and O–H groups in total. The highest BCUT2D eigenvalue weighted by Crippen LogP contribution is 2.46. The maximum Gasteiger partial charge on any atom is 0.150 e. The number of rotatable bonds is 2. The van der Waals surface area contributed by atoms with Crippen molar-refractivity contribution in [2.45, 2.75) is 45.1 Å². The van der Waals surface area contributed by atoms with Crippen LogP contribution in [0, 0.1) is 5.41 Å². The minimum Gasteiger partial charge on any atom is -0.388 e. The Kier molecular flexibility index (Phi) is 4.00. The van der Waals surface area contributed by atoms with Crippen molar-refractivity contribution >= 4 is 15.5 Å². The predicted molar refractivity (Wildman–Crippen MR) is 93.7 cm³/mol. The van der Waals surface area contributed by atoms with Crippen LogP contribution in [0.3, 0.4) is 0 Å². The van der Waals surface area contributed by atoms with E-state index >= 15 is 0 Å². The number of benzene rings is 1. The molecule has 1 fully saturated rings. The van der Waals surface area contributed by atoms with E-state index in [0.717, 1.165) is 6.54 Å². The van der Waals surface area contributed by atoms with Crippen molar-refractivity contribution in [2.24, 2.45) is 5.41 Å². The second-order valence-corrected chi connectivity index (χ2v) is 10.5. The summed E-state index contributed by atoms with van der Waals surface area (Å²) in [5, 5.41) is 10.9. The lowest BCUT2D eigenvalue weighted by Crippen LogP contribution is -2.48. The monoisotopic (exact) mass is 337 g/mol. The van der Waals surface area contributed by atoms with Gasteiger partial charge in [0.25, 0.3) is 0 Å². The summed E-state index contributed by atoms with van der Waals surface area (Å²) in [6, 6.07) is 8.40. The molecule has 0 unspecified atom stereocenters. The Hall–Kier alpha value is -1.07. The van der Waals surface area contributed by atoms with Crippen LogP contribution in [0.2, 0.25) is 0 Å². The Morgan fingerprint density at radius 3 is 2.43 bits per heavy atom. The van der Waals surface area contributed by atoms with Crippen LogP contribution in [-0.4, -0.2) is 43.7 Å². The van der Waals surface area contributed by atoms with Crippen molar-refractivity contribution in [3.63, 3.8) is 0 Å². The van der Waals surface area contributed by atoms with E-state index in [1.165, 1.54) is 11.3 Å². The van der Waals surface area contributed by atoms with E-state index in [0.29, 0.717) is 25.3 Å². The lowest BCUT2D eigenvalue weighted by atomic mass is 9.78. The zero-order valence-electron chi connectivity index (χ0n) is 14.2. The van der Waals surface area contributed by atoms with Gasteiger partial charge in [0.15, 0.2) is 9.84 Å². The first kappa shape index (κ1) is 16.8. The largest absolute Gasteiger partial charge is 0.388 e. The molecule has 2 heterocycles. The van der Waals surface area contributed by atoms with Gasteiger partial charge in [0.05, 0.1) is 17.1 Å². The summed E-state index contributed by atoms with van der Waals surface area (Å²) in [4.78, 5) is 2.25. The third-order valence-corrected chi connectivity index (χ3v) is 7.00. The summed E-state index contributed by atoms with van der Waals surface area (Å²) in [7, 11) is -2.96. The molecule has 0 radical (unpaired) electrons. The molecule has 23 heavy (non-hydrogen) atoms. The molecule has 1 aromatic rings. The minimum atomic E-state index is -2.96. The molecule has 2 aliphatic rings. The Balaban J connectivity index is 1.82. The van der Waals surface area contributed by atoms with Gasteiger partial charge in [-0.25, -0.2) is 8.42 Å². The van der Waals surface area contributed by atoms with Crippen LogP contribution in [0.5, 0.6) is 0 Å². The van der Waals surface area contributed by atoms with Gasteiger partial charge in [-0.15, -0.1) is 0 Å². The number of sulfone groups is 1. The molecule has 1 aromatic carbocycles. The maximum atomic E-state index is 11.6. The van der Waals surface area contributed by atoms with Crippen molar-refractivity contribution in [3.05, 3.63) is 29.8 Å². The van der Waals surface area contributed by atoms with E-state index in [2.05, 4.69) is 43.9 Å². The number of fused-ring (bicyclic) bond motifs is 1. The number of para-hydroxylation sites is 1. The molecule has 2 aliphatic heterocycles. The highest BCUT2D eigenvalue weighted by Gasteiger charge is 2.41. The molecule has 0 aliphatic carbocycles. The second-order valence-electron chi connectivity index (χ2n) is 8.23. The molecular weight excluding hydrogens is 310 g/mol. The van der Waals surface area contributed by atoms with Crippen molar-refractivity contribution in [1.82, 2.24) is 0 Å². The van der Waals surface area contributed by atoms with Crippen LogP contribution < -0.4 is 4.90 Å². The normalized spacial score (nSPS) is 26.1. The third kappa shape index (κ3) is 3.41. The highest BCUT2D eigenvalue weighted by molar-refractivity contribution is 7.91. The van der Waals surface area contributed by atoms with Crippen LogP contribution in [0.4, 0.5) is 5.69 Å². The molecule has 0 bridgehead atoms. The first-order chi connectivity index (χ1) is 10.6. The van der Waals surface area contributed by atoms with Gasteiger partial charge in [0.2, 0.25) is 0 Å². The summed E-state index contributed by atoms with van der Waals surface area (Å²) in [5.74, 6) is 0.623. The second kappa shape index (κ2) is 5.49. The summed E-state index contributed by atoms with van der Waals surface area (Å²) >= 11 is 0. The average molecular weight is 337 g/mol. The fourth-order valence-corrected chi connectivity index (χ4v) is 5.39. The van der Waals surface area contributed by atoms with E-state index in [1.54, 1.807) is 0 Å². The fourth-order valence-electron chi connectivity index (χ4n) is 3.81. The number of nitrogens with zero attached hydrogens (tertiary/aromatic N) is 1. The zero-order chi connectivity index (χ0) is 16.9. The zero-order valence-corrected chi connectivity index (χ0v) is 15.1. The van der Waals surface area contributed by atoms with E-state index in [1.807, 2.05) is 6.07 Å². The van der Waals surface area contributed by atoms with Crippen molar-refractivity contribution in [3.8, 4) is 0 Å². The van der Waals surface area contributed by atoms with Gasteiger partial charge in [-0.3, -0.25) is 0 Å². The lowest BCUT2D eigenvalue weighted by molar-refractivity contribution is 0.0372. The minimum absolute atomic E-state index is 0.0989. The number of β-amino-alcohol motifs (C(OH)–C–C–N with tert-alkyl or cyclic N) is 1. The van der Waals surface area contributed by atoms with E-state index in [9.17, 15) is 13.5 Å². The maximum absolute atomic E-state index is 11.6. The van der Waals surface area contributed by atoms with Gasteiger partial charge in [0, 0.05) is 24.7 Å². The molecule has 1 atom stereocenters. The number of hydrogen-bond donors (Lipinski definition) is 1. The summed E-state index contributed by atoms with van der Waals surface area (Å²) in [5.41, 5.74) is 1.79. The molecule has 0 saturated carbocycles. The van der Waals surface area contributed by atoms with E-state index in [-0.39, 0.29) is 16.9 Å². The summed E-state index contributed by atoms with van der Waals surface area (Å²) < 4.78 is 23.3. The Morgan fingerprint density at radius 1 is 1.22 bits per heavy atom. The van der Waals surface area contributed by atoms with Crippen molar-refractivity contribution in [1.29, 1.82) is 0 Å². The van der Waals surface area contributed by atoms with Gasteiger partial charge >= 0.3 is 0 Å². The Morgan fingerprint density at radius 2 is 1.83 bits per heavy atom. The SMILES string of the molecule is CC(C)(C)[C@H]1CN(CC2(O)CCS(=O)(=O)CC2)c2ccccc21. The standard InChI is InChI=1S/C18H27NO3S/c1-17(2,3)15-12-19(16-7-5-4-6-14(15)16)13-18(20)8-10-23(21,22)11-9-18/h4-7,15,20H,8-13H2,1-3H3/t15-/m0/s1. The topological polar surface area (TPSA) is 57.6 Å². The molecule has 4 nitrogen and oxygen atoms in total. The van der Waals surface area contributed by atoms with Crippen molar-refractivity contribution in [2.75, 3.05) is 29.5 Å². The quantitative estimate of drug-likeness (QED) is 0.901. The number of aliphatic hydroxyl groups is 1. The summed E-state index contributed by atoms with van der Waals surface area (Å²) in [6.45, 7) is 8.16. The first-order valence-corrected chi connectivity index (χ1v) is 10.2. The molecule has 0 amide bonds. The van der Waals surface area contributed by atoms with Gasteiger partial charge in [-0.05, 0) is 29.9 Å². The van der Waals surface area contributed by atoms with E-state index < -0.39 is 15.4 Å². The first-order valence-electron chi connectivity index (χ1n) is 8.36. The Labute approximate surface area is 139 Å².